The van der Waals surface area contributed by atoms with Crippen molar-refractivity contribution in [3.05, 3.63) is 12.8 Å². The Bertz CT molecular complexity index is 33.9. The van der Waals surface area contributed by atoms with Crippen LogP contribution in [-0.4, -0.2) is 10.2 Å². The third-order valence-corrected chi connectivity index (χ3v) is 0.645. The second-order valence-corrected chi connectivity index (χ2v) is 2.23. The molecule has 0 aliphatic rings. The van der Waals surface area contributed by atoms with E-state index in [-0.39, 0.29) is 0 Å². The van der Waals surface area contributed by atoms with Crippen LogP contribution in [0.5, 0.6) is 0 Å². The van der Waals surface area contributed by atoms with Crippen molar-refractivity contribution in [2.24, 2.45) is 0 Å². The maximum absolute atomic E-state index is 3.48. The molecule has 0 aliphatic carbocycles. The minimum absolute atomic E-state index is 1.74. The highest BCUT2D eigenvalue weighted by atomic mass is 127. The van der Waals surface area contributed by atoms with Crippen molar-refractivity contribution < 1.29 is 0 Å². The van der Waals surface area contributed by atoms with Crippen LogP contribution in [0.1, 0.15) is 0 Å². The van der Waals surface area contributed by atoms with Crippen molar-refractivity contribution in [2.75, 3.05) is 7.05 Å². The van der Waals surface area contributed by atoms with Gasteiger partial charge in [0.1, 0.15) is 0 Å². The molecule has 5 heavy (non-hydrogen) atoms. The van der Waals surface area contributed by atoms with Gasteiger partial charge in [-0.1, -0.05) is 6.58 Å². The first-order valence-corrected chi connectivity index (χ1v) is 2.25. The maximum Gasteiger partial charge on any atom is 0.0582 e. The fourth-order valence-electron chi connectivity index (χ4n) is 0. The lowest BCUT2D eigenvalue weighted by Crippen LogP contribution is -1.86. The standard InChI is InChI=1S/C3H6IN/c1-3-5(2)4/h3H,1H2,2H3. The van der Waals surface area contributed by atoms with Crippen LogP contribution in [-0.2, 0) is 0 Å². The highest BCUT2D eigenvalue weighted by molar-refractivity contribution is 14.1. The molecule has 30 valence electrons. The van der Waals surface area contributed by atoms with Crippen molar-refractivity contribution in [1.82, 2.24) is 3.11 Å². The molecule has 0 N–H and O–H groups in total. The molecular formula is C3H6IN. The molecule has 0 aromatic heterocycles. The van der Waals surface area contributed by atoms with Crippen LogP contribution < -0.4 is 0 Å². The lowest BCUT2D eigenvalue weighted by atomic mass is 11.0. The Morgan fingerprint density at radius 1 is 2.00 bits per heavy atom. The van der Waals surface area contributed by atoms with E-state index in [0.29, 0.717) is 0 Å². The van der Waals surface area contributed by atoms with Gasteiger partial charge in [0, 0.05) is 13.2 Å². The van der Waals surface area contributed by atoms with Crippen molar-refractivity contribution in [3.63, 3.8) is 0 Å². The zero-order chi connectivity index (χ0) is 4.28. The predicted octanol–water partition coefficient (Wildman–Crippen LogP) is 1.41. The van der Waals surface area contributed by atoms with E-state index in [9.17, 15) is 0 Å². The normalized spacial score (nSPS) is 6.80. The Morgan fingerprint density at radius 2 is 2.20 bits per heavy atom. The summed E-state index contributed by atoms with van der Waals surface area (Å²) < 4.78 is 1.86. The topological polar surface area (TPSA) is 3.24 Å². The minimum Gasteiger partial charge on any atom is -0.325 e. The Hall–Kier alpha value is 0.270. The molecule has 0 heterocycles. The molecular weight excluding hydrogens is 177 g/mol. The molecule has 2 heteroatoms. The Labute approximate surface area is 46.2 Å². The van der Waals surface area contributed by atoms with Crippen LogP contribution in [0.2, 0.25) is 0 Å². The summed E-state index contributed by atoms with van der Waals surface area (Å²) in [5.41, 5.74) is 0. The second-order valence-electron chi connectivity index (χ2n) is 0.707. The smallest absolute Gasteiger partial charge is 0.0582 e. The summed E-state index contributed by atoms with van der Waals surface area (Å²) in [5.74, 6) is 0. The van der Waals surface area contributed by atoms with E-state index in [1.807, 2.05) is 10.2 Å². The van der Waals surface area contributed by atoms with E-state index in [1.54, 1.807) is 6.20 Å². The van der Waals surface area contributed by atoms with Gasteiger partial charge in [0.2, 0.25) is 0 Å². The minimum atomic E-state index is 1.74. The zero-order valence-electron chi connectivity index (χ0n) is 3.11. The van der Waals surface area contributed by atoms with Crippen LogP contribution in [0.4, 0.5) is 0 Å². The van der Waals surface area contributed by atoms with Gasteiger partial charge in [-0.15, -0.1) is 0 Å². The summed E-state index contributed by atoms with van der Waals surface area (Å²) in [6, 6.07) is 0. The summed E-state index contributed by atoms with van der Waals surface area (Å²) in [4.78, 5) is 0. The summed E-state index contributed by atoms with van der Waals surface area (Å²) >= 11 is 2.12. The van der Waals surface area contributed by atoms with E-state index in [1.165, 1.54) is 0 Å². The van der Waals surface area contributed by atoms with Gasteiger partial charge < -0.3 is 3.11 Å². The van der Waals surface area contributed by atoms with Crippen molar-refractivity contribution in [1.29, 1.82) is 0 Å². The summed E-state index contributed by atoms with van der Waals surface area (Å²) in [5, 5.41) is 0. The molecule has 0 rings (SSSR count). The maximum atomic E-state index is 3.48. The number of hydrogen-bond acceptors (Lipinski definition) is 1. The lowest BCUT2D eigenvalue weighted by Gasteiger charge is -1.94. The molecule has 0 atom stereocenters. The molecule has 0 amide bonds. The third-order valence-electron chi connectivity index (χ3n) is 0.252. The van der Waals surface area contributed by atoms with Gasteiger partial charge in [0.25, 0.3) is 0 Å². The molecule has 0 radical (unpaired) electrons. The average Bonchev–Trinajstić information content (AvgIpc) is 1.38. The monoisotopic (exact) mass is 183 g/mol. The van der Waals surface area contributed by atoms with Gasteiger partial charge in [-0.3, -0.25) is 0 Å². The van der Waals surface area contributed by atoms with Gasteiger partial charge >= 0.3 is 0 Å². The van der Waals surface area contributed by atoms with Crippen molar-refractivity contribution in [3.8, 4) is 0 Å². The molecule has 0 unspecified atom stereocenters. The van der Waals surface area contributed by atoms with Crippen LogP contribution in [0.15, 0.2) is 12.8 Å². The quantitative estimate of drug-likeness (QED) is 0.438. The predicted molar refractivity (Wildman–Crippen MR) is 32.0 cm³/mol. The van der Waals surface area contributed by atoms with Crippen LogP contribution >= 0.6 is 22.9 Å². The Balaban J connectivity index is 2.83. The van der Waals surface area contributed by atoms with Crippen molar-refractivity contribution >= 4 is 22.9 Å². The van der Waals surface area contributed by atoms with Gasteiger partial charge in [-0.25, -0.2) is 0 Å². The van der Waals surface area contributed by atoms with Gasteiger partial charge in [0.05, 0.1) is 22.9 Å². The molecule has 0 saturated carbocycles. The number of hydrogen-bond donors (Lipinski definition) is 0. The average molecular weight is 183 g/mol. The van der Waals surface area contributed by atoms with Crippen LogP contribution in [0.3, 0.4) is 0 Å². The number of rotatable bonds is 1. The molecule has 0 aromatic rings. The first-order chi connectivity index (χ1) is 2.27. The van der Waals surface area contributed by atoms with Gasteiger partial charge in [0.15, 0.2) is 0 Å². The fraction of sp³-hybridized carbons (Fsp3) is 0.333. The van der Waals surface area contributed by atoms with E-state index in [0.717, 1.165) is 0 Å². The van der Waals surface area contributed by atoms with E-state index < -0.39 is 0 Å². The molecule has 1 nitrogen and oxygen atoms in total. The van der Waals surface area contributed by atoms with Crippen LogP contribution in [0.25, 0.3) is 0 Å². The van der Waals surface area contributed by atoms with E-state index >= 15 is 0 Å². The highest BCUT2D eigenvalue weighted by Gasteiger charge is 1.65. The van der Waals surface area contributed by atoms with Gasteiger partial charge in [-0.2, -0.15) is 0 Å². The Morgan fingerprint density at radius 3 is 2.20 bits per heavy atom. The van der Waals surface area contributed by atoms with Crippen LogP contribution in [0, 0.1) is 0 Å². The summed E-state index contributed by atoms with van der Waals surface area (Å²) in [6.45, 7) is 3.48. The molecule has 0 saturated heterocycles. The first kappa shape index (κ1) is 5.27. The molecule has 0 fully saturated rings. The van der Waals surface area contributed by atoms with Crippen molar-refractivity contribution in [2.45, 2.75) is 0 Å². The Kier molecular flexibility index (Phi) is 2.64. The van der Waals surface area contributed by atoms with E-state index in [4.69, 9.17) is 0 Å². The molecule has 0 aliphatic heterocycles. The lowest BCUT2D eigenvalue weighted by molar-refractivity contribution is 0.839. The van der Waals surface area contributed by atoms with Gasteiger partial charge in [-0.05, 0) is 0 Å². The molecule has 0 spiro atoms. The fourth-order valence-corrected chi connectivity index (χ4v) is 0. The zero-order valence-corrected chi connectivity index (χ0v) is 5.27. The largest absolute Gasteiger partial charge is 0.325 e. The highest BCUT2D eigenvalue weighted by Crippen LogP contribution is 1.88. The van der Waals surface area contributed by atoms with E-state index in [2.05, 4.69) is 29.4 Å². The second kappa shape index (κ2) is 2.50. The number of halogens is 1. The number of nitrogens with zero attached hydrogens (tertiary/aromatic N) is 1. The molecule has 0 bridgehead atoms. The first-order valence-electron chi connectivity index (χ1n) is 1.28. The molecule has 0 aromatic carbocycles. The SMILES string of the molecule is C=CN(C)I. The third kappa shape index (κ3) is 4.27. The summed E-state index contributed by atoms with van der Waals surface area (Å²) in [6.07, 6.45) is 1.74. The summed E-state index contributed by atoms with van der Waals surface area (Å²) in [7, 11) is 1.92.